The van der Waals surface area contributed by atoms with Crippen molar-refractivity contribution < 1.29 is 9.53 Å². The summed E-state index contributed by atoms with van der Waals surface area (Å²) < 4.78 is 5.66. The van der Waals surface area contributed by atoms with E-state index in [-0.39, 0.29) is 12.1 Å². The van der Waals surface area contributed by atoms with Crippen LogP contribution in [0.15, 0.2) is 24.3 Å². The molecule has 2 nitrogen and oxygen atoms in total. The number of hydrogen-bond acceptors (Lipinski definition) is 2. The summed E-state index contributed by atoms with van der Waals surface area (Å²) in [6.07, 6.45) is 7.98. The molecule has 20 heavy (non-hydrogen) atoms. The Hall–Kier alpha value is -1.31. The van der Waals surface area contributed by atoms with Crippen LogP contribution in [0.3, 0.4) is 0 Å². The van der Waals surface area contributed by atoms with Crippen molar-refractivity contribution in [3.63, 3.8) is 0 Å². The van der Waals surface area contributed by atoms with Crippen LogP contribution in [0.1, 0.15) is 74.7 Å². The maximum atomic E-state index is 12.1. The summed E-state index contributed by atoms with van der Waals surface area (Å²) >= 11 is 0. The lowest BCUT2D eigenvalue weighted by molar-refractivity contribution is 0.0253. The lowest BCUT2D eigenvalue weighted by atomic mass is 10.1. The minimum absolute atomic E-state index is 0.0747. The molecule has 112 valence electrons. The Labute approximate surface area is 123 Å². The van der Waals surface area contributed by atoms with Gasteiger partial charge in [-0.15, -0.1) is 0 Å². The average Bonchev–Trinajstić information content (AvgIpc) is 2.44. The van der Waals surface area contributed by atoms with Gasteiger partial charge in [-0.2, -0.15) is 0 Å². The number of rotatable bonds is 9. The van der Waals surface area contributed by atoms with E-state index in [9.17, 15) is 4.79 Å². The van der Waals surface area contributed by atoms with E-state index in [2.05, 4.69) is 13.8 Å². The molecule has 0 aromatic heterocycles. The van der Waals surface area contributed by atoms with E-state index in [1.54, 1.807) is 0 Å². The predicted molar refractivity (Wildman–Crippen MR) is 84.0 cm³/mol. The number of esters is 1. The molecule has 2 heteroatoms. The topological polar surface area (TPSA) is 26.3 Å². The molecular weight excluding hydrogens is 248 g/mol. The van der Waals surface area contributed by atoms with Gasteiger partial charge in [-0.05, 0) is 38.3 Å². The highest BCUT2D eigenvalue weighted by molar-refractivity contribution is 5.89. The first-order chi connectivity index (χ1) is 9.67. The van der Waals surface area contributed by atoms with Crippen LogP contribution in [0.2, 0.25) is 0 Å². The quantitative estimate of drug-likeness (QED) is 0.452. The fourth-order valence-electron chi connectivity index (χ4n) is 2.29. The standard InChI is InChI=1S/C18H28O2/c1-4-6-7-8-10-17(9-5-2)20-18(19)16-13-11-15(3)12-14-16/h11-14,17H,4-10H2,1-3H3. The summed E-state index contributed by atoms with van der Waals surface area (Å²) in [5.41, 5.74) is 1.82. The Bertz CT molecular complexity index is 381. The van der Waals surface area contributed by atoms with Gasteiger partial charge in [0, 0.05) is 0 Å². The molecule has 0 N–H and O–H groups in total. The Balaban J connectivity index is 2.47. The monoisotopic (exact) mass is 276 g/mol. The average molecular weight is 276 g/mol. The zero-order valence-corrected chi connectivity index (χ0v) is 13.2. The van der Waals surface area contributed by atoms with Crippen molar-refractivity contribution in [2.75, 3.05) is 0 Å². The van der Waals surface area contributed by atoms with Gasteiger partial charge in [0.05, 0.1) is 5.56 Å². The fraction of sp³-hybridized carbons (Fsp3) is 0.611. The highest BCUT2D eigenvalue weighted by Gasteiger charge is 2.14. The lowest BCUT2D eigenvalue weighted by Crippen LogP contribution is -2.18. The molecule has 0 aliphatic rings. The summed E-state index contributed by atoms with van der Waals surface area (Å²) in [6, 6.07) is 7.59. The molecule has 0 fully saturated rings. The van der Waals surface area contributed by atoms with Crippen molar-refractivity contribution >= 4 is 5.97 Å². The van der Waals surface area contributed by atoms with Gasteiger partial charge in [0.15, 0.2) is 0 Å². The molecule has 0 bridgehead atoms. The molecule has 1 unspecified atom stereocenters. The van der Waals surface area contributed by atoms with Gasteiger partial charge in [-0.25, -0.2) is 4.79 Å². The summed E-state index contributed by atoms with van der Waals surface area (Å²) in [4.78, 5) is 12.1. The molecule has 1 aromatic rings. The number of ether oxygens (including phenoxy) is 1. The highest BCUT2D eigenvalue weighted by atomic mass is 16.5. The number of carbonyl (C=O) groups is 1. The van der Waals surface area contributed by atoms with Gasteiger partial charge in [-0.1, -0.05) is 57.2 Å². The molecule has 0 aliphatic carbocycles. The van der Waals surface area contributed by atoms with Crippen molar-refractivity contribution in [3.8, 4) is 0 Å². The Morgan fingerprint density at radius 1 is 1.00 bits per heavy atom. The van der Waals surface area contributed by atoms with E-state index in [0.29, 0.717) is 5.56 Å². The first-order valence-electron chi connectivity index (χ1n) is 7.95. The van der Waals surface area contributed by atoms with Crippen LogP contribution in [-0.2, 0) is 4.74 Å². The van der Waals surface area contributed by atoms with Gasteiger partial charge in [-0.3, -0.25) is 0 Å². The largest absolute Gasteiger partial charge is 0.459 e. The second kappa shape index (κ2) is 9.57. The van der Waals surface area contributed by atoms with Gasteiger partial charge in [0.25, 0.3) is 0 Å². The van der Waals surface area contributed by atoms with E-state index in [1.807, 2.05) is 31.2 Å². The van der Waals surface area contributed by atoms with E-state index in [0.717, 1.165) is 31.2 Å². The zero-order valence-electron chi connectivity index (χ0n) is 13.2. The molecule has 0 amide bonds. The SMILES string of the molecule is CCCCCCC(CCC)OC(=O)c1ccc(C)cc1. The van der Waals surface area contributed by atoms with Gasteiger partial charge in [0.1, 0.15) is 6.10 Å². The Morgan fingerprint density at radius 3 is 2.30 bits per heavy atom. The molecule has 1 aromatic carbocycles. The summed E-state index contributed by atoms with van der Waals surface area (Å²) in [5, 5.41) is 0. The molecule has 1 rings (SSSR count). The zero-order chi connectivity index (χ0) is 14.8. The number of benzene rings is 1. The maximum absolute atomic E-state index is 12.1. The molecule has 0 radical (unpaired) electrons. The van der Waals surface area contributed by atoms with Crippen molar-refractivity contribution in [2.45, 2.75) is 71.8 Å². The Morgan fingerprint density at radius 2 is 1.70 bits per heavy atom. The van der Waals surface area contributed by atoms with Gasteiger partial charge < -0.3 is 4.74 Å². The first-order valence-corrected chi connectivity index (χ1v) is 7.95. The number of carbonyl (C=O) groups excluding carboxylic acids is 1. The number of unbranched alkanes of at least 4 members (excludes halogenated alkanes) is 3. The predicted octanol–water partition coefficient (Wildman–Crippen LogP) is 5.29. The van der Waals surface area contributed by atoms with Crippen LogP contribution >= 0.6 is 0 Å². The van der Waals surface area contributed by atoms with Gasteiger partial charge >= 0.3 is 5.97 Å². The molecule has 0 saturated carbocycles. The molecular formula is C18H28O2. The smallest absolute Gasteiger partial charge is 0.338 e. The third kappa shape index (κ3) is 6.23. The van der Waals surface area contributed by atoms with Crippen LogP contribution < -0.4 is 0 Å². The van der Waals surface area contributed by atoms with Crippen molar-refractivity contribution in [1.29, 1.82) is 0 Å². The third-order valence-corrected chi connectivity index (χ3v) is 3.55. The number of hydrogen-bond donors (Lipinski definition) is 0. The van der Waals surface area contributed by atoms with Crippen LogP contribution in [0.5, 0.6) is 0 Å². The highest BCUT2D eigenvalue weighted by Crippen LogP contribution is 2.15. The van der Waals surface area contributed by atoms with E-state index in [4.69, 9.17) is 4.74 Å². The van der Waals surface area contributed by atoms with Crippen LogP contribution in [-0.4, -0.2) is 12.1 Å². The van der Waals surface area contributed by atoms with Crippen LogP contribution in [0.4, 0.5) is 0 Å². The van der Waals surface area contributed by atoms with E-state index in [1.165, 1.54) is 19.3 Å². The van der Waals surface area contributed by atoms with Gasteiger partial charge in [0.2, 0.25) is 0 Å². The number of aryl methyl sites for hydroxylation is 1. The first kappa shape index (κ1) is 16.7. The summed E-state index contributed by atoms with van der Waals surface area (Å²) in [7, 11) is 0. The minimum atomic E-state index is -0.182. The van der Waals surface area contributed by atoms with Crippen molar-refractivity contribution in [1.82, 2.24) is 0 Å². The lowest BCUT2D eigenvalue weighted by Gasteiger charge is -2.17. The molecule has 0 aliphatic heterocycles. The molecule has 0 heterocycles. The van der Waals surface area contributed by atoms with Crippen molar-refractivity contribution in [2.24, 2.45) is 0 Å². The molecule has 1 atom stereocenters. The second-order valence-electron chi connectivity index (χ2n) is 5.53. The molecule has 0 saturated heterocycles. The normalized spacial score (nSPS) is 12.2. The maximum Gasteiger partial charge on any atom is 0.338 e. The van der Waals surface area contributed by atoms with Crippen LogP contribution in [0.25, 0.3) is 0 Å². The Kier molecular flexibility index (Phi) is 8.01. The van der Waals surface area contributed by atoms with E-state index < -0.39 is 0 Å². The third-order valence-electron chi connectivity index (χ3n) is 3.55. The van der Waals surface area contributed by atoms with E-state index >= 15 is 0 Å². The minimum Gasteiger partial charge on any atom is -0.459 e. The summed E-state index contributed by atoms with van der Waals surface area (Å²) in [5.74, 6) is -0.182. The molecule has 0 spiro atoms. The summed E-state index contributed by atoms with van der Waals surface area (Å²) in [6.45, 7) is 6.36. The van der Waals surface area contributed by atoms with Crippen LogP contribution in [0, 0.1) is 6.92 Å². The van der Waals surface area contributed by atoms with Crippen molar-refractivity contribution in [3.05, 3.63) is 35.4 Å². The fourth-order valence-corrected chi connectivity index (χ4v) is 2.29. The second-order valence-corrected chi connectivity index (χ2v) is 5.53.